The number of nitrogen functional groups attached to an aromatic ring is 1. The molecule has 3 aliphatic rings. The summed E-state index contributed by atoms with van der Waals surface area (Å²) in [5.41, 5.74) is 10.4. The molecule has 39 heavy (non-hydrogen) atoms. The van der Waals surface area contributed by atoms with Gasteiger partial charge in [-0.1, -0.05) is 12.1 Å². The number of ether oxygens (including phenoxy) is 1. The number of nitrogens with two attached hydrogens (primary N) is 1. The van der Waals surface area contributed by atoms with Crippen LogP contribution < -0.4 is 11.1 Å². The summed E-state index contributed by atoms with van der Waals surface area (Å²) < 4.78 is 35.8. The fraction of sp³-hybridized carbons (Fsp3) is 0.433. The molecule has 0 bridgehead atoms. The Bertz CT molecular complexity index is 1420. The summed E-state index contributed by atoms with van der Waals surface area (Å²) in [7, 11) is 0. The highest BCUT2D eigenvalue weighted by Gasteiger charge is 2.27. The summed E-state index contributed by atoms with van der Waals surface area (Å²) in [5, 5.41) is 2.66. The van der Waals surface area contributed by atoms with Gasteiger partial charge in [-0.2, -0.15) is 9.37 Å². The van der Waals surface area contributed by atoms with Crippen LogP contribution in [0.15, 0.2) is 30.3 Å². The average Bonchev–Trinajstić information content (AvgIpc) is 3.33. The van der Waals surface area contributed by atoms with Crippen LogP contribution in [0.3, 0.4) is 0 Å². The molecule has 6 rings (SSSR count). The third kappa shape index (κ3) is 5.01. The summed E-state index contributed by atoms with van der Waals surface area (Å²) in [6, 6.07) is 9.44. The standard InChI is InChI=1S/C30H33F2N5O2/c1-17-3-2-10-37(17)16-22-14-20(4-5-23(22)18-7-11-39-12-8-18)26-28(32)36-29(33)27(35-26)21-13-19-6-9-34-30(38)25(19)24(31)15-21/h4-5,13-15,17-18H,2-3,6-12,16H2,1H3,(H2,33,36)(H,34,38)/t17-/m0/s1. The van der Waals surface area contributed by atoms with Gasteiger partial charge in [-0.3, -0.25) is 9.69 Å². The highest BCUT2D eigenvalue weighted by atomic mass is 19.1. The van der Waals surface area contributed by atoms with Crippen molar-refractivity contribution in [3.63, 3.8) is 0 Å². The number of amides is 1. The van der Waals surface area contributed by atoms with Gasteiger partial charge in [0.15, 0.2) is 5.82 Å². The van der Waals surface area contributed by atoms with E-state index in [1.807, 2.05) is 12.1 Å². The number of rotatable bonds is 5. The molecule has 2 saturated heterocycles. The van der Waals surface area contributed by atoms with Crippen LogP contribution in [0, 0.1) is 11.8 Å². The number of carbonyl (C=O) groups excluding carboxylic acids is 1. The molecule has 0 spiro atoms. The summed E-state index contributed by atoms with van der Waals surface area (Å²) in [4.78, 5) is 23.2. The van der Waals surface area contributed by atoms with E-state index in [2.05, 4.69) is 33.2 Å². The summed E-state index contributed by atoms with van der Waals surface area (Å²) in [5.74, 6) is -1.60. The van der Waals surface area contributed by atoms with Crippen molar-refractivity contribution in [2.45, 2.75) is 57.5 Å². The van der Waals surface area contributed by atoms with Gasteiger partial charge in [0.25, 0.3) is 5.91 Å². The van der Waals surface area contributed by atoms with Crippen molar-refractivity contribution in [1.29, 1.82) is 0 Å². The number of nitrogens with zero attached hydrogens (tertiary/aromatic N) is 3. The van der Waals surface area contributed by atoms with Gasteiger partial charge in [-0.25, -0.2) is 9.37 Å². The van der Waals surface area contributed by atoms with Gasteiger partial charge >= 0.3 is 0 Å². The minimum absolute atomic E-state index is 0.0309. The number of fused-ring (bicyclic) bond motifs is 1. The zero-order chi connectivity index (χ0) is 27.1. The van der Waals surface area contributed by atoms with Crippen LogP contribution in [0.5, 0.6) is 0 Å². The predicted molar refractivity (Wildman–Crippen MR) is 145 cm³/mol. The highest BCUT2D eigenvalue weighted by molar-refractivity contribution is 5.97. The first-order valence-corrected chi connectivity index (χ1v) is 13.8. The number of carbonyl (C=O) groups is 1. The molecule has 4 heterocycles. The number of hydrogen-bond acceptors (Lipinski definition) is 6. The summed E-state index contributed by atoms with van der Waals surface area (Å²) in [6.45, 7) is 5.99. The minimum atomic E-state index is -0.770. The van der Waals surface area contributed by atoms with Crippen LogP contribution in [0.25, 0.3) is 22.5 Å². The van der Waals surface area contributed by atoms with Crippen LogP contribution in [0.2, 0.25) is 0 Å². The van der Waals surface area contributed by atoms with Crippen LogP contribution >= 0.6 is 0 Å². The summed E-state index contributed by atoms with van der Waals surface area (Å²) in [6.07, 6.45) is 4.76. The Morgan fingerprint density at radius 2 is 1.90 bits per heavy atom. The van der Waals surface area contributed by atoms with Gasteiger partial charge < -0.3 is 15.8 Å². The molecular weight excluding hydrogens is 500 g/mol. The molecule has 204 valence electrons. The highest BCUT2D eigenvalue weighted by Crippen LogP contribution is 2.36. The fourth-order valence-corrected chi connectivity index (χ4v) is 6.22. The largest absolute Gasteiger partial charge is 0.382 e. The SMILES string of the molecule is C[C@H]1CCCN1Cc1cc(-c2nc(-c3cc(F)c4c(c3)CCNC4=O)c(N)nc2F)ccc1C1CCOCC1. The topological polar surface area (TPSA) is 93.4 Å². The van der Waals surface area contributed by atoms with Gasteiger partial charge in [-0.15, -0.1) is 0 Å². The molecule has 3 aliphatic heterocycles. The number of benzene rings is 2. The second-order valence-corrected chi connectivity index (χ2v) is 10.9. The molecule has 3 aromatic rings. The lowest BCUT2D eigenvalue weighted by atomic mass is 9.86. The molecular formula is C30H33F2N5O2. The maximum Gasteiger partial charge on any atom is 0.254 e. The molecule has 0 aliphatic carbocycles. The zero-order valence-corrected chi connectivity index (χ0v) is 22.1. The smallest absolute Gasteiger partial charge is 0.254 e. The monoisotopic (exact) mass is 533 g/mol. The molecule has 9 heteroatoms. The van der Waals surface area contributed by atoms with Crippen molar-refractivity contribution in [3.8, 4) is 22.5 Å². The van der Waals surface area contributed by atoms with Crippen molar-refractivity contribution in [3.05, 3.63) is 64.4 Å². The van der Waals surface area contributed by atoms with E-state index in [0.717, 1.165) is 39.1 Å². The number of nitrogens with one attached hydrogen (secondary N) is 1. The first-order valence-electron chi connectivity index (χ1n) is 13.8. The van der Waals surface area contributed by atoms with Crippen LogP contribution in [0.4, 0.5) is 14.6 Å². The van der Waals surface area contributed by atoms with Gasteiger partial charge in [0.2, 0.25) is 5.95 Å². The van der Waals surface area contributed by atoms with E-state index in [0.29, 0.717) is 41.6 Å². The van der Waals surface area contributed by atoms with E-state index in [-0.39, 0.29) is 22.8 Å². The number of likely N-dealkylation sites (tertiary alicyclic amines) is 1. The second-order valence-electron chi connectivity index (χ2n) is 10.9. The Balaban J connectivity index is 1.42. The van der Waals surface area contributed by atoms with Crippen LogP contribution in [-0.4, -0.2) is 53.1 Å². The van der Waals surface area contributed by atoms with Crippen molar-refractivity contribution >= 4 is 11.7 Å². The first-order chi connectivity index (χ1) is 18.9. The van der Waals surface area contributed by atoms with Gasteiger partial charge in [0.05, 0.1) is 5.56 Å². The lowest BCUT2D eigenvalue weighted by Crippen LogP contribution is -2.32. The second kappa shape index (κ2) is 10.6. The number of anilines is 1. The molecule has 1 amide bonds. The quantitative estimate of drug-likeness (QED) is 0.488. The lowest BCUT2D eigenvalue weighted by molar-refractivity contribution is 0.0849. The van der Waals surface area contributed by atoms with Gasteiger partial charge in [0.1, 0.15) is 17.2 Å². The van der Waals surface area contributed by atoms with Crippen molar-refractivity contribution in [2.24, 2.45) is 0 Å². The third-order valence-electron chi connectivity index (χ3n) is 8.37. The molecule has 1 aromatic heterocycles. The lowest BCUT2D eigenvalue weighted by Gasteiger charge is -2.28. The first kappa shape index (κ1) is 25.8. The Labute approximate surface area is 226 Å². The number of aromatic nitrogens is 2. The molecule has 0 saturated carbocycles. The number of halogens is 2. The van der Waals surface area contributed by atoms with E-state index < -0.39 is 17.7 Å². The van der Waals surface area contributed by atoms with Gasteiger partial charge in [0, 0.05) is 43.5 Å². The molecule has 0 radical (unpaired) electrons. The normalized spacial score (nSPS) is 20.2. The van der Waals surface area contributed by atoms with Crippen LogP contribution in [0.1, 0.15) is 65.6 Å². The van der Waals surface area contributed by atoms with E-state index in [9.17, 15) is 9.18 Å². The third-order valence-corrected chi connectivity index (χ3v) is 8.37. The van der Waals surface area contributed by atoms with E-state index in [1.165, 1.54) is 30.0 Å². The van der Waals surface area contributed by atoms with Gasteiger partial charge in [-0.05, 0) is 86.4 Å². The van der Waals surface area contributed by atoms with Crippen molar-refractivity contribution < 1.29 is 18.3 Å². The Morgan fingerprint density at radius 1 is 1.08 bits per heavy atom. The fourth-order valence-electron chi connectivity index (χ4n) is 6.22. The Hall–Kier alpha value is -3.43. The molecule has 2 fully saturated rings. The Kier molecular flexibility index (Phi) is 7.03. The number of hydrogen-bond donors (Lipinski definition) is 2. The van der Waals surface area contributed by atoms with Crippen molar-refractivity contribution in [1.82, 2.24) is 20.2 Å². The Morgan fingerprint density at radius 3 is 2.67 bits per heavy atom. The average molecular weight is 534 g/mol. The maximum atomic E-state index is 15.3. The van der Waals surface area contributed by atoms with E-state index in [4.69, 9.17) is 10.5 Å². The minimum Gasteiger partial charge on any atom is -0.382 e. The van der Waals surface area contributed by atoms with Crippen LogP contribution in [-0.2, 0) is 17.7 Å². The molecule has 7 nitrogen and oxygen atoms in total. The molecule has 2 aromatic carbocycles. The predicted octanol–water partition coefficient (Wildman–Crippen LogP) is 4.84. The molecule has 1 atom stereocenters. The van der Waals surface area contributed by atoms with E-state index in [1.54, 1.807) is 6.07 Å². The maximum absolute atomic E-state index is 15.3. The molecule has 0 unspecified atom stereocenters. The zero-order valence-electron chi connectivity index (χ0n) is 22.1. The molecule has 3 N–H and O–H groups in total. The van der Waals surface area contributed by atoms with Crippen molar-refractivity contribution in [2.75, 3.05) is 32.0 Å². The summed E-state index contributed by atoms with van der Waals surface area (Å²) >= 11 is 0. The van der Waals surface area contributed by atoms with E-state index >= 15 is 4.39 Å².